The molecule has 0 spiro atoms. The van der Waals surface area contributed by atoms with E-state index in [0.717, 1.165) is 81.5 Å². The Morgan fingerprint density at radius 1 is 0.776 bits per heavy atom. The van der Waals surface area contributed by atoms with Crippen molar-refractivity contribution in [2.75, 3.05) is 21.2 Å². The van der Waals surface area contributed by atoms with E-state index in [0.29, 0.717) is 51.1 Å². The molecule has 9 aromatic rings. The van der Waals surface area contributed by atoms with E-state index >= 15 is 0 Å². The molecule has 8 aromatic carbocycles. The molecule has 1 atom stereocenters. The highest BCUT2D eigenvalue weighted by Crippen LogP contribution is 2.37. The monoisotopic (exact) mass is 1170 g/mol. The molecule has 1 aromatic heterocycles. The zero-order valence-corrected chi connectivity index (χ0v) is 50.6. The van der Waals surface area contributed by atoms with Crippen LogP contribution in [0.3, 0.4) is 0 Å². The van der Waals surface area contributed by atoms with E-state index in [2.05, 4.69) is 66.1 Å². The van der Waals surface area contributed by atoms with Crippen LogP contribution >= 0.6 is 11.6 Å². The van der Waals surface area contributed by atoms with Crippen molar-refractivity contribution >= 4 is 101 Å². The Hall–Kier alpha value is -8.77. The topological polar surface area (TPSA) is 181 Å². The number of ketones is 1. The molecule has 85 heavy (non-hydrogen) atoms. The molecule has 13 nitrogen and oxygen atoms in total. The molecule has 434 valence electrons. The third kappa shape index (κ3) is 13.8. The molecular formula is C70H68ClN5O8S. The van der Waals surface area contributed by atoms with Gasteiger partial charge in [0.25, 0.3) is 5.91 Å². The molecular weight excluding hydrogens is 1110 g/mol. The second-order valence-corrected chi connectivity index (χ2v) is 26.2. The first kappa shape index (κ1) is 59.4. The van der Waals surface area contributed by atoms with Gasteiger partial charge in [-0.25, -0.2) is 18.2 Å². The summed E-state index contributed by atoms with van der Waals surface area (Å²) < 4.78 is 46.5. The summed E-state index contributed by atoms with van der Waals surface area (Å²) in [4.78, 5) is 50.2. The maximum absolute atomic E-state index is 14.7. The second kappa shape index (κ2) is 24.4. The number of amides is 2. The van der Waals surface area contributed by atoms with Gasteiger partial charge in [-0.3, -0.25) is 19.2 Å². The highest BCUT2D eigenvalue weighted by Gasteiger charge is 2.38. The minimum atomic E-state index is -3.63. The van der Waals surface area contributed by atoms with E-state index in [-0.39, 0.29) is 46.7 Å². The minimum Gasteiger partial charge on any atom is -0.472 e. The first-order valence-corrected chi connectivity index (χ1v) is 30.7. The van der Waals surface area contributed by atoms with E-state index in [1.54, 1.807) is 56.0 Å². The van der Waals surface area contributed by atoms with Crippen LogP contribution in [0.2, 0.25) is 5.02 Å². The molecule has 0 bridgehead atoms. The predicted molar refractivity (Wildman–Crippen MR) is 340 cm³/mol. The van der Waals surface area contributed by atoms with Crippen LogP contribution in [-0.2, 0) is 49.2 Å². The van der Waals surface area contributed by atoms with Gasteiger partial charge in [-0.1, -0.05) is 163 Å². The molecule has 1 fully saturated rings. The third-order valence-corrected chi connectivity index (χ3v) is 16.4. The maximum atomic E-state index is 14.7. The average Bonchev–Trinajstić information content (AvgIpc) is 3.47. The molecule has 1 saturated carbocycles. The Kier molecular flexibility index (Phi) is 17.1. The number of nitrogens with one attached hydrogen (secondary N) is 2. The molecule has 1 aliphatic rings. The van der Waals surface area contributed by atoms with Crippen molar-refractivity contribution in [2.24, 2.45) is 5.41 Å². The maximum Gasteiger partial charge on any atom is 0.414 e. The standard InChI is InChI=1S/C70H68ClN5O8S/c1-43-34-54(29-26-47(43)38-51(41-72)67-74-61-40-52(69(2,3)4)28-33-63(61)84-67)76(53-19-10-11-20-53)68(79)82-42-45-25-32-62(50(36-45)39-49-27-31-59(75-85(8,80)81)57-23-14-13-22-56(49)57)83-64(65(77)70(5,6)7)66(78)73-60-37-44(24-30-58(60)71)35-48-18-15-17-46-16-9-12-21-55(46)48/h9,12-18,21-34,36-38,40,53,64,75H,10-11,19-20,35,39,42H2,1-8H3,(H,73,78)/b51-38+. The highest BCUT2D eigenvalue weighted by atomic mass is 35.5. The zero-order valence-electron chi connectivity index (χ0n) is 49.0. The number of benzene rings is 8. The van der Waals surface area contributed by atoms with Crippen molar-refractivity contribution in [3.05, 3.63) is 207 Å². The van der Waals surface area contributed by atoms with Gasteiger partial charge >= 0.3 is 6.09 Å². The van der Waals surface area contributed by atoms with Crippen molar-refractivity contribution in [2.45, 2.75) is 111 Å². The molecule has 0 saturated heterocycles. The van der Waals surface area contributed by atoms with E-state index in [1.807, 2.05) is 110 Å². The van der Waals surface area contributed by atoms with Crippen molar-refractivity contribution < 1.29 is 36.7 Å². The van der Waals surface area contributed by atoms with E-state index in [9.17, 15) is 28.1 Å². The third-order valence-electron chi connectivity index (χ3n) is 15.5. The number of ether oxygens (including phenoxy) is 2. The Morgan fingerprint density at radius 2 is 1.48 bits per heavy atom. The number of anilines is 3. The van der Waals surface area contributed by atoms with Crippen LogP contribution in [0.1, 0.15) is 118 Å². The first-order chi connectivity index (χ1) is 40.5. The summed E-state index contributed by atoms with van der Waals surface area (Å²) in [5.41, 5.74) is 8.42. The van der Waals surface area contributed by atoms with Crippen LogP contribution < -0.4 is 19.7 Å². The smallest absolute Gasteiger partial charge is 0.414 e. The van der Waals surface area contributed by atoms with Gasteiger partial charge in [0.15, 0.2) is 11.4 Å². The number of halogens is 1. The molecule has 2 amide bonds. The van der Waals surface area contributed by atoms with Crippen molar-refractivity contribution in [1.82, 2.24) is 4.98 Å². The normalized spacial score (nSPS) is 13.6. The lowest BCUT2D eigenvalue weighted by Gasteiger charge is -2.29. The highest BCUT2D eigenvalue weighted by molar-refractivity contribution is 7.92. The minimum absolute atomic E-state index is 0.0906. The van der Waals surface area contributed by atoms with Gasteiger partial charge in [0.1, 0.15) is 29.5 Å². The van der Waals surface area contributed by atoms with Gasteiger partial charge in [-0.2, -0.15) is 5.26 Å². The number of hydrogen-bond acceptors (Lipinski definition) is 10. The van der Waals surface area contributed by atoms with Crippen LogP contribution in [0, 0.1) is 23.7 Å². The number of hydrogen-bond donors (Lipinski definition) is 2. The number of nitrogens with zero attached hydrogens (tertiary/aromatic N) is 3. The molecule has 2 N–H and O–H groups in total. The lowest BCUT2D eigenvalue weighted by atomic mass is 9.87. The fourth-order valence-electron chi connectivity index (χ4n) is 11.0. The molecule has 10 rings (SSSR count). The Labute approximate surface area is 501 Å². The van der Waals surface area contributed by atoms with Gasteiger partial charge in [0.05, 0.1) is 22.7 Å². The van der Waals surface area contributed by atoms with Gasteiger partial charge in [0, 0.05) is 29.0 Å². The largest absolute Gasteiger partial charge is 0.472 e. The van der Waals surface area contributed by atoms with Crippen LogP contribution in [-0.4, -0.2) is 49.6 Å². The van der Waals surface area contributed by atoms with E-state index < -0.39 is 39.3 Å². The summed E-state index contributed by atoms with van der Waals surface area (Å²) in [5.74, 6) is -0.745. The number of sulfonamides is 1. The number of aromatic nitrogens is 1. The van der Waals surface area contributed by atoms with Gasteiger partial charge in [-0.05, 0) is 153 Å². The summed E-state index contributed by atoms with van der Waals surface area (Å²) >= 11 is 6.79. The van der Waals surface area contributed by atoms with Gasteiger partial charge in [-0.15, -0.1) is 0 Å². The van der Waals surface area contributed by atoms with Crippen molar-refractivity contribution in [3.63, 3.8) is 0 Å². The quantitative estimate of drug-likeness (QED) is 0.0658. The second-order valence-electron chi connectivity index (χ2n) is 24.1. The SMILES string of the molecule is Cc1cc(N(C(=O)OCc2ccc(OC(C(=O)Nc3cc(Cc4cccc5ccccc45)ccc3Cl)C(=O)C(C)(C)C)c(Cc3ccc(NS(C)(=O)=O)c4ccccc34)c2)C2CCCC2)ccc1/C=C(\C#N)c1nc2cc(C(C)(C)C)ccc2o1. The van der Waals surface area contributed by atoms with Crippen LogP contribution in [0.5, 0.6) is 5.75 Å². The van der Waals surface area contributed by atoms with Crippen molar-refractivity contribution in [3.8, 4) is 11.8 Å². The number of carbonyl (C=O) groups is 3. The molecule has 15 heteroatoms. The summed E-state index contributed by atoms with van der Waals surface area (Å²) in [7, 11) is -3.63. The molecule has 1 aliphatic carbocycles. The Morgan fingerprint density at radius 3 is 2.20 bits per heavy atom. The predicted octanol–water partition coefficient (Wildman–Crippen LogP) is 16.1. The Bertz CT molecular complexity index is 4250. The lowest BCUT2D eigenvalue weighted by Crippen LogP contribution is -2.45. The zero-order chi connectivity index (χ0) is 60.4. The number of Topliss-reactive ketones (excluding diaryl/α,β-unsaturated/α-hetero) is 1. The van der Waals surface area contributed by atoms with Gasteiger partial charge < -0.3 is 19.2 Å². The Balaban J connectivity index is 0.948. The summed E-state index contributed by atoms with van der Waals surface area (Å²) in [6.45, 7) is 13.4. The first-order valence-electron chi connectivity index (χ1n) is 28.5. The van der Waals surface area contributed by atoms with Crippen molar-refractivity contribution in [1.29, 1.82) is 5.26 Å². The summed E-state index contributed by atoms with van der Waals surface area (Å²) in [5, 5.41) is 17.2. The molecule has 1 heterocycles. The van der Waals surface area contributed by atoms with E-state index in [4.69, 9.17) is 25.5 Å². The van der Waals surface area contributed by atoms with Crippen LogP contribution in [0.15, 0.2) is 156 Å². The van der Waals surface area contributed by atoms with Crippen LogP contribution in [0.4, 0.5) is 21.9 Å². The molecule has 1 unspecified atom stereocenters. The molecule has 0 radical (unpaired) electrons. The summed E-state index contributed by atoms with van der Waals surface area (Å²) in [6, 6.07) is 49.7. The summed E-state index contributed by atoms with van der Waals surface area (Å²) in [6.07, 6.45) is 4.90. The fourth-order valence-corrected chi connectivity index (χ4v) is 11.7. The lowest BCUT2D eigenvalue weighted by molar-refractivity contribution is -0.140. The number of rotatable bonds is 17. The number of allylic oxidation sites excluding steroid dienone is 1. The van der Waals surface area contributed by atoms with Gasteiger partial charge in [0.2, 0.25) is 22.0 Å². The number of carbonyl (C=O) groups excluding carboxylic acids is 3. The number of nitriles is 1. The number of fused-ring (bicyclic) bond motifs is 3. The van der Waals surface area contributed by atoms with E-state index in [1.165, 1.54) is 0 Å². The average molecular weight is 1170 g/mol. The fraction of sp³-hybridized carbons (Fsp3) is 0.271. The number of oxazole rings is 1. The van der Waals surface area contributed by atoms with Crippen LogP contribution in [0.25, 0.3) is 44.3 Å². The number of aryl methyl sites for hydroxylation is 1. The molecule has 0 aliphatic heterocycles.